The molecule has 0 bridgehead atoms. The van der Waals surface area contributed by atoms with Crippen molar-refractivity contribution in [3.05, 3.63) is 112 Å². The van der Waals surface area contributed by atoms with Crippen LogP contribution in [0, 0.1) is 30.2 Å². The number of hydrogen-bond donors (Lipinski definition) is 0. The van der Waals surface area contributed by atoms with Crippen molar-refractivity contribution < 1.29 is 17.6 Å². The molecule has 3 aromatic rings. The maximum atomic E-state index is 14.3. The average molecular weight is 410 g/mol. The standard InChI is InChI=1S/C26H22F4/c1-16-5-14-22(26(30)24(16)28)20-12-10-19(11-13-20)18-8-6-17(7-9-18)15-21-3-2-4-23(27)25(21)29/h2-10,14,20H,11-13,15H2,1H3. The molecule has 1 aliphatic carbocycles. The Hall–Kier alpha value is -2.88. The first-order chi connectivity index (χ1) is 14.4. The minimum absolute atomic E-state index is 0.0286. The molecule has 3 aromatic carbocycles. The zero-order valence-electron chi connectivity index (χ0n) is 16.7. The molecule has 0 N–H and O–H groups in total. The predicted octanol–water partition coefficient (Wildman–Crippen LogP) is 7.49. The topological polar surface area (TPSA) is 0 Å². The van der Waals surface area contributed by atoms with E-state index < -0.39 is 23.3 Å². The Labute approximate surface area is 173 Å². The molecule has 0 saturated heterocycles. The molecule has 0 nitrogen and oxygen atoms in total. The van der Waals surface area contributed by atoms with E-state index >= 15 is 0 Å². The maximum absolute atomic E-state index is 14.3. The van der Waals surface area contributed by atoms with Crippen molar-refractivity contribution in [2.24, 2.45) is 0 Å². The quantitative estimate of drug-likeness (QED) is 0.391. The molecule has 1 atom stereocenters. The van der Waals surface area contributed by atoms with Gasteiger partial charge in [-0.25, -0.2) is 17.6 Å². The fourth-order valence-electron chi connectivity index (χ4n) is 4.10. The fraction of sp³-hybridized carbons (Fsp3) is 0.231. The average Bonchev–Trinajstić information content (AvgIpc) is 2.76. The highest BCUT2D eigenvalue weighted by atomic mass is 19.2. The second-order valence-electron chi connectivity index (χ2n) is 7.89. The lowest BCUT2D eigenvalue weighted by atomic mass is 9.82. The van der Waals surface area contributed by atoms with Crippen LogP contribution in [0.3, 0.4) is 0 Å². The number of hydrogen-bond acceptors (Lipinski definition) is 0. The smallest absolute Gasteiger partial charge is 0.162 e. The SMILES string of the molecule is Cc1ccc(C2CC=C(c3ccc(Cc4cccc(F)c4F)cc3)CC2)c(F)c1F. The maximum Gasteiger partial charge on any atom is 0.162 e. The molecule has 4 heteroatoms. The van der Waals surface area contributed by atoms with Gasteiger partial charge in [-0.05, 0) is 71.6 Å². The molecule has 1 aliphatic rings. The van der Waals surface area contributed by atoms with Gasteiger partial charge in [0.2, 0.25) is 0 Å². The van der Waals surface area contributed by atoms with Gasteiger partial charge in [0.05, 0.1) is 0 Å². The molecule has 1 unspecified atom stereocenters. The molecule has 4 rings (SSSR count). The number of benzene rings is 3. The Morgan fingerprint density at radius 2 is 1.60 bits per heavy atom. The Bertz CT molecular complexity index is 1100. The van der Waals surface area contributed by atoms with Gasteiger partial charge < -0.3 is 0 Å². The first kappa shape index (κ1) is 20.4. The molecule has 0 aromatic heterocycles. The first-order valence-corrected chi connectivity index (χ1v) is 10.1. The molecular formula is C26H22F4. The molecular weight excluding hydrogens is 388 g/mol. The third-order valence-corrected chi connectivity index (χ3v) is 5.91. The molecule has 0 amide bonds. The number of aryl methyl sites for hydroxylation is 1. The number of rotatable bonds is 4. The van der Waals surface area contributed by atoms with Crippen LogP contribution >= 0.6 is 0 Å². The van der Waals surface area contributed by atoms with Crippen molar-refractivity contribution in [1.82, 2.24) is 0 Å². The normalized spacial score (nSPS) is 16.4. The summed E-state index contributed by atoms with van der Waals surface area (Å²) in [5, 5.41) is 0. The van der Waals surface area contributed by atoms with E-state index in [4.69, 9.17) is 0 Å². The largest absolute Gasteiger partial charge is 0.204 e. The summed E-state index contributed by atoms with van der Waals surface area (Å²) in [5.41, 5.74) is 4.22. The van der Waals surface area contributed by atoms with Crippen LogP contribution in [0.2, 0.25) is 0 Å². The van der Waals surface area contributed by atoms with E-state index in [0.717, 1.165) is 30.0 Å². The van der Waals surface area contributed by atoms with Crippen molar-refractivity contribution in [2.45, 2.75) is 38.5 Å². The Morgan fingerprint density at radius 1 is 0.833 bits per heavy atom. The van der Waals surface area contributed by atoms with Crippen LogP contribution in [0.1, 0.15) is 53.0 Å². The lowest BCUT2D eigenvalue weighted by Crippen LogP contribution is -2.08. The second kappa shape index (κ2) is 8.47. The zero-order valence-corrected chi connectivity index (χ0v) is 16.7. The van der Waals surface area contributed by atoms with Gasteiger partial charge in [0.1, 0.15) is 0 Å². The molecule has 0 spiro atoms. The van der Waals surface area contributed by atoms with Crippen LogP contribution in [-0.4, -0.2) is 0 Å². The molecule has 0 fully saturated rings. The van der Waals surface area contributed by atoms with Crippen LogP contribution in [0.5, 0.6) is 0 Å². The van der Waals surface area contributed by atoms with Gasteiger partial charge in [-0.3, -0.25) is 0 Å². The van der Waals surface area contributed by atoms with Gasteiger partial charge in [0, 0.05) is 6.42 Å². The lowest BCUT2D eigenvalue weighted by Gasteiger charge is -2.23. The third kappa shape index (κ3) is 4.04. The molecule has 0 saturated carbocycles. The fourth-order valence-corrected chi connectivity index (χ4v) is 4.10. The predicted molar refractivity (Wildman–Crippen MR) is 111 cm³/mol. The van der Waals surface area contributed by atoms with E-state index in [1.165, 1.54) is 11.6 Å². The number of allylic oxidation sites excluding steroid dienone is 2. The molecule has 0 heterocycles. The Balaban J connectivity index is 1.47. The van der Waals surface area contributed by atoms with Crippen LogP contribution in [0.15, 0.2) is 60.7 Å². The monoisotopic (exact) mass is 410 g/mol. The zero-order chi connectivity index (χ0) is 21.3. The molecule has 0 aliphatic heterocycles. The highest BCUT2D eigenvalue weighted by Crippen LogP contribution is 2.37. The van der Waals surface area contributed by atoms with Crippen molar-refractivity contribution in [3.8, 4) is 0 Å². The Kier molecular flexibility index (Phi) is 5.76. The minimum atomic E-state index is -0.837. The minimum Gasteiger partial charge on any atom is -0.204 e. The van der Waals surface area contributed by atoms with Gasteiger partial charge in [-0.15, -0.1) is 0 Å². The summed E-state index contributed by atoms with van der Waals surface area (Å²) in [7, 11) is 0. The van der Waals surface area contributed by atoms with Crippen molar-refractivity contribution in [2.75, 3.05) is 0 Å². The van der Waals surface area contributed by atoms with E-state index in [1.54, 1.807) is 25.1 Å². The van der Waals surface area contributed by atoms with Crippen molar-refractivity contribution >= 4 is 5.57 Å². The van der Waals surface area contributed by atoms with Gasteiger partial charge in [0.15, 0.2) is 23.3 Å². The number of halogens is 4. The van der Waals surface area contributed by atoms with E-state index in [0.29, 0.717) is 29.5 Å². The van der Waals surface area contributed by atoms with Crippen molar-refractivity contribution in [3.63, 3.8) is 0 Å². The van der Waals surface area contributed by atoms with Gasteiger partial charge >= 0.3 is 0 Å². The summed E-state index contributed by atoms with van der Waals surface area (Å²) < 4.78 is 55.5. The summed E-state index contributed by atoms with van der Waals surface area (Å²) in [6.07, 6.45) is 4.60. The van der Waals surface area contributed by atoms with Gasteiger partial charge in [-0.1, -0.05) is 54.6 Å². The summed E-state index contributed by atoms with van der Waals surface area (Å²) >= 11 is 0. The van der Waals surface area contributed by atoms with E-state index in [-0.39, 0.29) is 5.92 Å². The molecule has 154 valence electrons. The summed E-state index contributed by atoms with van der Waals surface area (Å²) in [5.74, 6) is -3.16. The Morgan fingerprint density at radius 3 is 2.30 bits per heavy atom. The van der Waals surface area contributed by atoms with E-state index in [2.05, 4.69) is 6.08 Å². The second-order valence-corrected chi connectivity index (χ2v) is 7.89. The summed E-state index contributed by atoms with van der Waals surface area (Å²) in [6.45, 7) is 1.56. The highest BCUT2D eigenvalue weighted by Gasteiger charge is 2.22. The van der Waals surface area contributed by atoms with Gasteiger partial charge in [-0.2, -0.15) is 0 Å². The lowest BCUT2D eigenvalue weighted by molar-refractivity contribution is 0.476. The molecule has 30 heavy (non-hydrogen) atoms. The highest BCUT2D eigenvalue weighted by molar-refractivity contribution is 5.67. The summed E-state index contributed by atoms with van der Waals surface area (Å²) in [6, 6.07) is 15.3. The summed E-state index contributed by atoms with van der Waals surface area (Å²) in [4.78, 5) is 0. The van der Waals surface area contributed by atoms with Crippen LogP contribution in [0.25, 0.3) is 5.57 Å². The van der Waals surface area contributed by atoms with Crippen molar-refractivity contribution in [1.29, 1.82) is 0 Å². The molecule has 0 radical (unpaired) electrons. The van der Waals surface area contributed by atoms with Crippen LogP contribution in [-0.2, 0) is 6.42 Å². The van der Waals surface area contributed by atoms with E-state index in [1.807, 2.05) is 24.3 Å². The van der Waals surface area contributed by atoms with Crippen LogP contribution < -0.4 is 0 Å². The van der Waals surface area contributed by atoms with Crippen LogP contribution in [0.4, 0.5) is 17.6 Å². The first-order valence-electron chi connectivity index (χ1n) is 10.1. The van der Waals surface area contributed by atoms with E-state index in [9.17, 15) is 17.6 Å². The van der Waals surface area contributed by atoms with Gasteiger partial charge in [0.25, 0.3) is 0 Å². The third-order valence-electron chi connectivity index (χ3n) is 5.91.